The monoisotopic (exact) mass is 368 g/mol. The number of primary amides is 1. The molecule has 1 aromatic carbocycles. The van der Waals surface area contributed by atoms with Gasteiger partial charge in [-0.2, -0.15) is 0 Å². The molecule has 0 bridgehead atoms. The number of pyridine rings is 1. The Hall–Kier alpha value is -2.93. The fraction of sp³-hybridized carbons (Fsp3) is 0.350. The Morgan fingerprint density at radius 3 is 2.44 bits per heavy atom. The van der Waals surface area contributed by atoms with Gasteiger partial charge in [0.05, 0.1) is 11.0 Å². The molecular weight excluding hydrogens is 344 g/mol. The van der Waals surface area contributed by atoms with Crippen LogP contribution in [0.15, 0.2) is 42.6 Å². The highest BCUT2D eigenvalue weighted by atomic mass is 16.5. The molecule has 3 rings (SSSR count). The number of hydrogen-bond acceptors (Lipinski definition) is 5. The van der Waals surface area contributed by atoms with Gasteiger partial charge in [0.15, 0.2) is 0 Å². The summed E-state index contributed by atoms with van der Waals surface area (Å²) in [5.41, 5.74) is 7.30. The third-order valence-corrected chi connectivity index (χ3v) is 4.92. The first-order chi connectivity index (χ1) is 13.0. The van der Waals surface area contributed by atoms with E-state index in [9.17, 15) is 9.59 Å². The van der Waals surface area contributed by atoms with E-state index in [1.807, 2.05) is 31.2 Å². The Kier molecular flexibility index (Phi) is 5.71. The van der Waals surface area contributed by atoms with Gasteiger partial charge < -0.3 is 21.1 Å². The van der Waals surface area contributed by atoms with Crippen molar-refractivity contribution in [2.75, 3.05) is 30.4 Å². The maximum atomic E-state index is 12.3. The van der Waals surface area contributed by atoms with Crippen molar-refractivity contribution in [3.05, 3.63) is 53.7 Å². The van der Waals surface area contributed by atoms with Gasteiger partial charge in [-0.15, -0.1) is 0 Å². The molecule has 2 heterocycles. The Morgan fingerprint density at radius 2 is 1.85 bits per heavy atom. The fourth-order valence-corrected chi connectivity index (χ4v) is 3.01. The molecule has 0 unspecified atom stereocenters. The Balaban J connectivity index is 1.60. The second-order valence-corrected chi connectivity index (χ2v) is 6.86. The van der Waals surface area contributed by atoms with Crippen LogP contribution in [0.25, 0.3) is 0 Å². The second kappa shape index (κ2) is 8.18. The van der Waals surface area contributed by atoms with Crippen molar-refractivity contribution in [1.29, 1.82) is 0 Å². The number of rotatable bonds is 6. The summed E-state index contributed by atoms with van der Waals surface area (Å²) in [6.45, 7) is 3.43. The third kappa shape index (κ3) is 4.62. The number of hydrogen-bond donors (Lipinski definition) is 3. The number of nitrogens with zero attached hydrogens (tertiary/aromatic N) is 1. The van der Waals surface area contributed by atoms with Gasteiger partial charge >= 0.3 is 0 Å². The van der Waals surface area contributed by atoms with Crippen LogP contribution in [-0.2, 0) is 9.53 Å². The molecule has 0 saturated carbocycles. The molecule has 1 fully saturated rings. The highest BCUT2D eigenvalue weighted by Crippen LogP contribution is 2.30. The van der Waals surface area contributed by atoms with E-state index in [0.717, 1.165) is 11.3 Å². The molecule has 1 saturated heterocycles. The van der Waals surface area contributed by atoms with Crippen LogP contribution in [0.4, 0.5) is 11.5 Å². The lowest BCUT2D eigenvalue weighted by atomic mass is 9.79. The average molecular weight is 368 g/mol. The van der Waals surface area contributed by atoms with Gasteiger partial charge in [0.25, 0.3) is 5.91 Å². The lowest BCUT2D eigenvalue weighted by Gasteiger charge is -2.34. The molecule has 4 N–H and O–H groups in total. The largest absolute Gasteiger partial charge is 0.381 e. The molecule has 2 amide bonds. The number of amides is 2. The highest BCUT2D eigenvalue weighted by molar-refractivity contribution is 6.04. The molecule has 7 heteroatoms. The summed E-state index contributed by atoms with van der Waals surface area (Å²) < 4.78 is 5.33. The summed E-state index contributed by atoms with van der Waals surface area (Å²) in [4.78, 5) is 28.5. The average Bonchev–Trinajstić information content (AvgIpc) is 2.69. The summed E-state index contributed by atoms with van der Waals surface area (Å²) >= 11 is 0. The first-order valence-electron chi connectivity index (χ1n) is 8.94. The molecule has 2 aromatic rings. The molecule has 1 aliphatic rings. The van der Waals surface area contributed by atoms with E-state index in [0.29, 0.717) is 44.0 Å². The molecule has 1 aliphatic heterocycles. The van der Waals surface area contributed by atoms with Gasteiger partial charge in [0.2, 0.25) is 5.91 Å². The van der Waals surface area contributed by atoms with Crippen LogP contribution in [0.2, 0.25) is 0 Å². The Morgan fingerprint density at radius 1 is 1.15 bits per heavy atom. The fourth-order valence-electron chi connectivity index (χ4n) is 3.01. The van der Waals surface area contributed by atoms with Crippen molar-refractivity contribution in [2.24, 2.45) is 11.1 Å². The van der Waals surface area contributed by atoms with Crippen LogP contribution in [0, 0.1) is 12.3 Å². The molecule has 0 atom stereocenters. The molecule has 7 nitrogen and oxygen atoms in total. The van der Waals surface area contributed by atoms with E-state index in [-0.39, 0.29) is 11.8 Å². The lowest BCUT2D eigenvalue weighted by molar-refractivity contribution is -0.132. The number of carbonyl (C=O) groups is 2. The smallest absolute Gasteiger partial charge is 0.257 e. The van der Waals surface area contributed by atoms with E-state index in [1.165, 1.54) is 6.20 Å². The van der Waals surface area contributed by atoms with Gasteiger partial charge in [-0.05, 0) is 44.0 Å². The first-order valence-corrected chi connectivity index (χ1v) is 8.94. The van der Waals surface area contributed by atoms with Crippen LogP contribution in [0.3, 0.4) is 0 Å². The van der Waals surface area contributed by atoms with Crippen molar-refractivity contribution in [3.8, 4) is 0 Å². The molecular formula is C20H24N4O3. The van der Waals surface area contributed by atoms with Crippen LogP contribution in [-0.4, -0.2) is 36.6 Å². The normalized spacial score (nSPS) is 15.7. The van der Waals surface area contributed by atoms with Crippen molar-refractivity contribution in [3.63, 3.8) is 0 Å². The molecule has 27 heavy (non-hydrogen) atoms. The quantitative estimate of drug-likeness (QED) is 0.726. The summed E-state index contributed by atoms with van der Waals surface area (Å²) in [6.07, 6.45) is 2.69. The maximum Gasteiger partial charge on any atom is 0.257 e. The number of nitrogens with one attached hydrogen (secondary N) is 2. The standard InChI is InChI=1S/C20H24N4O3/c1-14-2-5-16(6-3-14)24-18(25)15-4-7-17(22-12-15)23-13-20(19(21)26)8-10-27-11-9-20/h2-7,12H,8-11,13H2,1H3,(H2,21,26)(H,22,23)(H,24,25). The number of ether oxygens (including phenoxy) is 1. The lowest BCUT2D eigenvalue weighted by Crippen LogP contribution is -2.46. The van der Waals surface area contributed by atoms with Crippen LogP contribution in [0.5, 0.6) is 0 Å². The highest BCUT2D eigenvalue weighted by Gasteiger charge is 2.38. The summed E-state index contributed by atoms with van der Waals surface area (Å²) in [7, 11) is 0. The summed E-state index contributed by atoms with van der Waals surface area (Å²) in [6, 6.07) is 11.0. The van der Waals surface area contributed by atoms with Gasteiger partial charge in [-0.1, -0.05) is 17.7 Å². The molecule has 0 spiro atoms. The molecule has 0 radical (unpaired) electrons. The SMILES string of the molecule is Cc1ccc(NC(=O)c2ccc(NCC3(C(N)=O)CCOCC3)nc2)cc1. The minimum atomic E-state index is -0.624. The van der Waals surface area contributed by atoms with Gasteiger partial charge in [0.1, 0.15) is 5.82 Å². The van der Waals surface area contributed by atoms with Gasteiger partial charge in [0, 0.05) is 31.6 Å². The number of benzene rings is 1. The van der Waals surface area contributed by atoms with Crippen molar-refractivity contribution in [1.82, 2.24) is 4.98 Å². The van der Waals surface area contributed by atoms with Crippen LogP contribution < -0.4 is 16.4 Å². The van der Waals surface area contributed by atoms with Crippen LogP contribution in [0.1, 0.15) is 28.8 Å². The predicted octanol–water partition coefficient (Wildman–Crippen LogP) is 2.34. The van der Waals surface area contributed by atoms with Crippen molar-refractivity contribution >= 4 is 23.3 Å². The zero-order chi connectivity index (χ0) is 19.3. The number of carbonyl (C=O) groups excluding carboxylic acids is 2. The van der Waals surface area contributed by atoms with Crippen LogP contribution >= 0.6 is 0 Å². The van der Waals surface area contributed by atoms with E-state index >= 15 is 0 Å². The molecule has 142 valence electrons. The number of aryl methyl sites for hydroxylation is 1. The zero-order valence-corrected chi connectivity index (χ0v) is 15.3. The molecule has 1 aromatic heterocycles. The minimum Gasteiger partial charge on any atom is -0.381 e. The van der Waals surface area contributed by atoms with Crippen molar-refractivity contribution in [2.45, 2.75) is 19.8 Å². The number of aromatic nitrogens is 1. The third-order valence-electron chi connectivity index (χ3n) is 4.92. The second-order valence-electron chi connectivity index (χ2n) is 6.86. The topological polar surface area (TPSA) is 106 Å². The van der Waals surface area contributed by atoms with E-state index in [4.69, 9.17) is 10.5 Å². The zero-order valence-electron chi connectivity index (χ0n) is 15.3. The van der Waals surface area contributed by atoms with Gasteiger partial charge in [-0.3, -0.25) is 9.59 Å². The predicted molar refractivity (Wildman–Crippen MR) is 104 cm³/mol. The van der Waals surface area contributed by atoms with E-state index in [2.05, 4.69) is 15.6 Å². The van der Waals surface area contributed by atoms with Crippen molar-refractivity contribution < 1.29 is 14.3 Å². The molecule has 0 aliphatic carbocycles. The Labute approximate surface area is 158 Å². The first kappa shape index (κ1) is 18.8. The number of anilines is 2. The van der Waals surface area contributed by atoms with E-state index in [1.54, 1.807) is 12.1 Å². The minimum absolute atomic E-state index is 0.226. The summed E-state index contributed by atoms with van der Waals surface area (Å²) in [5, 5.41) is 5.99. The van der Waals surface area contributed by atoms with Gasteiger partial charge in [-0.25, -0.2) is 4.98 Å². The Bertz CT molecular complexity index is 797. The van der Waals surface area contributed by atoms with E-state index < -0.39 is 5.41 Å². The number of nitrogens with two attached hydrogens (primary N) is 1. The maximum absolute atomic E-state index is 12.3. The summed E-state index contributed by atoms with van der Waals surface area (Å²) in [5.74, 6) is 0.0392.